The number of hydrogen-bond donors (Lipinski definition) is 4. The van der Waals surface area contributed by atoms with Crippen LogP contribution in [0.5, 0.6) is 0 Å². The molecule has 0 aromatic carbocycles. The van der Waals surface area contributed by atoms with Crippen LogP contribution in [0.2, 0.25) is 0 Å². The highest BCUT2D eigenvalue weighted by Gasteiger charge is 2.59. The Balaban J connectivity index is 2.12. The van der Waals surface area contributed by atoms with Gasteiger partial charge in [-0.1, -0.05) is 0 Å². The fourth-order valence-corrected chi connectivity index (χ4v) is 2.66. The van der Waals surface area contributed by atoms with Gasteiger partial charge >= 0.3 is 0 Å². The van der Waals surface area contributed by atoms with Crippen LogP contribution in [-0.2, 0) is 4.74 Å². The molecule has 11 nitrogen and oxygen atoms in total. The Bertz CT molecular complexity index is 831. The van der Waals surface area contributed by atoms with Crippen molar-refractivity contribution in [2.45, 2.75) is 18.1 Å². The van der Waals surface area contributed by atoms with Crippen molar-refractivity contribution in [3.63, 3.8) is 0 Å². The first kappa shape index (κ1) is 15.4. The van der Waals surface area contributed by atoms with Gasteiger partial charge < -0.3 is 19.9 Å². The van der Waals surface area contributed by atoms with E-state index in [1.807, 2.05) is 0 Å². The number of imidazole rings is 1. The first-order valence-electron chi connectivity index (χ1n) is 6.59. The number of H-pyrrole nitrogens is 1. The monoisotopic (exact) mass is 326 g/mol. The van der Waals surface area contributed by atoms with E-state index >= 15 is 0 Å². The molecule has 3 heterocycles. The van der Waals surface area contributed by atoms with E-state index in [0.717, 1.165) is 6.33 Å². The molecule has 3 rings (SSSR count). The van der Waals surface area contributed by atoms with Crippen LogP contribution in [0.3, 0.4) is 0 Å². The van der Waals surface area contributed by atoms with E-state index in [-0.39, 0.29) is 11.2 Å². The number of aliphatic hydroxyl groups is 2. The summed E-state index contributed by atoms with van der Waals surface area (Å²) in [5, 5.41) is 23.1. The van der Waals surface area contributed by atoms with Crippen molar-refractivity contribution in [3.8, 4) is 0 Å². The lowest BCUT2D eigenvalue weighted by molar-refractivity contribution is -0.126. The predicted molar refractivity (Wildman–Crippen MR) is 70.8 cm³/mol. The van der Waals surface area contributed by atoms with Gasteiger partial charge in [0.15, 0.2) is 16.3 Å². The molecule has 1 fully saturated rings. The number of nitrogens with one attached hydrogen (secondary N) is 2. The average molecular weight is 326 g/mol. The fraction of sp³-hybridized carbons (Fsp3) is 0.545. The smallest absolute Gasteiger partial charge is 0.293 e. The van der Waals surface area contributed by atoms with Gasteiger partial charge in [-0.25, -0.2) is 9.97 Å². The van der Waals surface area contributed by atoms with Crippen LogP contribution in [0.25, 0.3) is 11.2 Å². The topological polar surface area (TPSA) is 164 Å². The fourth-order valence-electron chi connectivity index (χ4n) is 2.66. The van der Waals surface area contributed by atoms with Gasteiger partial charge in [0.1, 0.15) is 24.5 Å². The molecule has 1 saturated heterocycles. The first-order chi connectivity index (χ1) is 11.1. The van der Waals surface area contributed by atoms with Crippen LogP contribution >= 0.6 is 0 Å². The Labute approximate surface area is 127 Å². The molecule has 1 aliphatic rings. The maximum atomic E-state index is 13.4. The van der Waals surface area contributed by atoms with Crippen LogP contribution in [0.1, 0.15) is 6.23 Å². The molecule has 0 aliphatic carbocycles. The van der Waals surface area contributed by atoms with E-state index in [9.17, 15) is 19.4 Å². The van der Waals surface area contributed by atoms with E-state index in [1.165, 1.54) is 10.9 Å². The zero-order chi connectivity index (χ0) is 16.6. The molecular formula is C11H13FN7O4+. The highest BCUT2D eigenvalue weighted by Crippen LogP contribution is 2.42. The van der Waals surface area contributed by atoms with Crippen molar-refractivity contribution in [1.29, 1.82) is 5.53 Å². The summed E-state index contributed by atoms with van der Waals surface area (Å²) in [6, 6.07) is 0. The molecule has 0 bridgehead atoms. The summed E-state index contributed by atoms with van der Waals surface area (Å²) >= 11 is 0. The lowest BCUT2D eigenvalue weighted by Gasteiger charge is -2.18. The number of ether oxygens (including phenoxy) is 1. The second-order valence-electron chi connectivity index (χ2n) is 5.03. The number of fused-ring (bicyclic) bond motifs is 1. The zero-order valence-corrected chi connectivity index (χ0v) is 11.6. The van der Waals surface area contributed by atoms with Crippen molar-refractivity contribution < 1.29 is 19.3 Å². The summed E-state index contributed by atoms with van der Waals surface area (Å²) in [6.07, 6.45) is -0.303. The quantitative estimate of drug-likeness (QED) is 0.408. The Morgan fingerprint density at radius 2 is 2.39 bits per heavy atom. The van der Waals surface area contributed by atoms with Crippen LogP contribution < -0.4 is 10.5 Å². The molecule has 122 valence electrons. The molecule has 0 saturated carbocycles. The number of alkyl halides is 1. The molecule has 4 N–H and O–H groups in total. The number of aromatic amines is 1. The van der Waals surface area contributed by atoms with Crippen LogP contribution in [0.15, 0.2) is 22.6 Å². The van der Waals surface area contributed by atoms with Gasteiger partial charge in [-0.3, -0.25) is 13.8 Å². The lowest BCUT2D eigenvalue weighted by atomic mass is 9.97. The molecule has 2 aromatic rings. The molecule has 0 radical (unpaired) electrons. The van der Waals surface area contributed by atoms with Gasteiger partial charge in [-0.05, 0) is 0 Å². The number of aliphatic hydroxyl groups excluding tert-OH is 2. The van der Waals surface area contributed by atoms with E-state index in [0.29, 0.717) is 0 Å². The highest BCUT2D eigenvalue weighted by atomic mass is 19.1. The molecule has 0 spiro atoms. The summed E-state index contributed by atoms with van der Waals surface area (Å²) in [4.78, 5) is 24.7. The number of halogens is 1. The Morgan fingerprint density at radius 3 is 3.04 bits per heavy atom. The SMILES string of the molecule is N=[N+]=N[C@]1(CO)O[C@@H](n2cnc3c(=O)[nH]cnc32)[C@@H](CF)[C@@H]1O. The van der Waals surface area contributed by atoms with Crippen molar-refractivity contribution in [2.75, 3.05) is 13.3 Å². The molecule has 1 aliphatic heterocycles. The van der Waals surface area contributed by atoms with Gasteiger partial charge in [0.2, 0.25) is 4.91 Å². The first-order valence-corrected chi connectivity index (χ1v) is 6.59. The van der Waals surface area contributed by atoms with Crippen LogP contribution in [-0.4, -0.2) is 54.8 Å². The summed E-state index contributed by atoms with van der Waals surface area (Å²) < 4.78 is 20.2. The summed E-state index contributed by atoms with van der Waals surface area (Å²) in [7, 11) is 0. The number of nitrogens with zero attached hydrogens (tertiary/aromatic N) is 5. The predicted octanol–water partition coefficient (Wildman–Crippen LogP) is -1.17. The van der Waals surface area contributed by atoms with Crippen molar-refractivity contribution in [1.82, 2.24) is 24.4 Å². The molecule has 2 aromatic heterocycles. The van der Waals surface area contributed by atoms with E-state index in [4.69, 9.17) is 10.3 Å². The van der Waals surface area contributed by atoms with E-state index < -0.39 is 42.8 Å². The second-order valence-corrected chi connectivity index (χ2v) is 5.03. The van der Waals surface area contributed by atoms with Crippen LogP contribution in [0.4, 0.5) is 4.39 Å². The Kier molecular flexibility index (Phi) is 3.74. The van der Waals surface area contributed by atoms with Gasteiger partial charge in [0.05, 0.1) is 25.2 Å². The largest absolute Gasteiger partial charge is 0.391 e. The lowest BCUT2D eigenvalue weighted by Crippen LogP contribution is -2.43. The van der Waals surface area contributed by atoms with Crippen LogP contribution in [0, 0.1) is 11.4 Å². The minimum Gasteiger partial charge on any atom is -0.391 e. The van der Waals surface area contributed by atoms with E-state index in [2.05, 4.69) is 25.0 Å². The standard InChI is InChI=1S/C11H12FN7O4/c12-1-5-7(21)11(2-20,17-18-13)23-10(5)19-4-16-6-8(19)14-3-15-9(6)22/h3-5,7,10,13,20-21H,1-2H2/p+1/t5-,7-,10+,11+/m0/s1. The van der Waals surface area contributed by atoms with Crippen molar-refractivity contribution in [2.24, 2.45) is 11.0 Å². The van der Waals surface area contributed by atoms with Crippen molar-refractivity contribution in [3.05, 3.63) is 23.0 Å². The van der Waals surface area contributed by atoms with Gasteiger partial charge in [-0.15, -0.1) is 0 Å². The molecule has 12 heteroatoms. The molecular weight excluding hydrogens is 313 g/mol. The molecule has 4 atom stereocenters. The van der Waals surface area contributed by atoms with Gasteiger partial charge in [0, 0.05) is 0 Å². The summed E-state index contributed by atoms with van der Waals surface area (Å²) in [5.74, 6) is -1.12. The third-order valence-corrected chi connectivity index (χ3v) is 3.82. The third kappa shape index (κ3) is 2.16. The van der Waals surface area contributed by atoms with Crippen molar-refractivity contribution >= 4 is 11.2 Å². The maximum Gasteiger partial charge on any atom is 0.293 e. The molecule has 23 heavy (non-hydrogen) atoms. The third-order valence-electron chi connectivity index (χ3n) is 3.82. The highest BCUT2D eigenvalue weighted by molar-refractivity contribution is 5.68. The van der Waals surface area contributed by atoms with Gasteiger partial charge in [-0.2, -0.15) is 0 Å². The molecule has 0 unspecified atom stereocenters. The summed E-state index contributed by atoms with van der Waals surface area (Å²) in [6.45, 7) is -1.80. The minimum absolute atomic E-state index is 0.0202. The Morgan fingerprint density at radius 1 is 1.61 bits per heavy atom. The average Bonchev–Trinajstić information content (AvgIpc) is 3.09. The Hall–Kier alpha value is -2.53. The normalized spacial score (nSPS) is 30.5. The zero-order valence-electron chi connectivity index (χ0n) is 11.6. The minimum atomic E-state index is -1.96. The summed E-state index contributed by atoms with van der Waals surface area (Å²) in [5.41, 5.74) is 4.50. The number of aromatic nitrogens is 4. The van der Waals surface area contributed by atoms with E-state index in [1.54, 1.807) is 0 Å². The maximum absolute atomic E-state index is 13.4. The number of rotatable bonds is 4. The molecule has 0 amide bonds. The second kappa shape index (κ2) is 5.59. The number of hydrogen-bond acceptors (Lipinski definition) is 8. The van der Waals surface area contributed by atoms with Gasteiger partial charge in [0.25, 0.3) is 11.3 Å².